The van der Waals surface area contributed by atoms with E-state index in [0.29, 0.717) is 20.4 Å². The summed E-state index contributed by atoms with van der Waals surface area (Å²) in [7, 11) is 0. The highest BCUT2D eigenvalue weighted by atomic mass is 79.9. The topological polar surface area (TPSA) is 76.8 Å². The van der Waals surface area contributed by atoms with Crippen molar-refractivity contribution in [3.8, 4) is 0 Å². The summed E-state index contributed by atoms with van der Waals surface area (Å²) >= 11 is 14.9. The molecule has 0 heterocycles. The number of thioether (sulfide) groups is 2. The van der Waals surface area contributed by atoms with Crippen molar-refractivity contribution in [2.45, 2.75) is 12.8 Å². The van der Waals surface area contributed by atoms with Crippen molar-refractivity contribution in [1.82, 2.24) is 0 Å². The number of rotatable bonds is 7. The van der Waals surface area contributed by atoms with Crippen LogP contribution in [0.25, 0.3) is 0 Å². The zero-order valence-electron chi connectivity index (χ0n) is 14.9. The molecule has 10 heteroatoms. The Labute approximate surface area is 205 Å². The Balaban J connectivity index is 0.00000364. The van der Waals surface area contributed by atoms with Gasteiger partial charge in [0.25, 0.3) is 0 Å². The molecule has 154 valence electrons. The van der Waals surface area contributed by atoms with E-state index in [9.17, 15) is 0 Å². The van der Waals surface area contributed by atoms with Gasteiger partial charge in [-0.2, -0.15) is 0 Å². The molecular formula is C18H22Br2Cl2N4S2. The minimum Gasteiger partial charge on any atom is -0.378 e. The average molecular weight is 589 g/mol. The van der Waals surface area contributed by atoms with Gasteiger partial charge in [-0.3, -0.25) is 0 Å². The molecule has 4 nitrogen and oxygen atoms in total. The van der Waals surface area contributed by atoms with Crippen LogP contribution in [0, 0.1) is 0 Å². The van der Waals surface area contributed by atoms with E-state index in [1.54, 1.807) is 12.1 Å². The van der Waals surface area contributed by atoms with Crippen molar-refractivity contribution in [3.63, 3.8) is 0 Å². The Morgan fingerprint density at radius 2 is 1.14 bits per heavy atom. The molecule has 0 spiro atoms. The van der Waals surface area contributed by atoms with E-state index in [1.165, 1.54) is 23.5 Å². The molecule has 0 amide bonds. The fraction of sp³-hybridized carbons (Fsp3) is 0.222. The van der Waals surface area contributed by atoms with Gasteiger partial charge in [-0.15, -0.1) is 34.0 Å². The Morgan fingerprint density at radius 3 is 1.50 bits per heavy atom. The molecule has 2 rings (SSSR count). The van der Waals surface area contributed by atoms with Crippen LogP contribution in [0.4, 0.5) is 11.4 Å². The van der Waals surface area contributed by atoms with Crippen LogP contribution in [0.1, 0.15) is 12.8 Å². The maximum absolute atomic E-state index is 5.93. The van der Waals surface area contributed by atoms with E-state index in [0.717, 1.165) is 35.7 Å². The number of hydrogen-bond acceptors (Lipinski definition) is 4. The van der Waals surface area contributed by atoms with Crippen molar-refractivity contribution >= 4 is 102 Å². The summed E-state index contributed by atoms with van der Waals surface area (Å²) in [4.78, 5) is 8.68. The van der Waals surface area contributed by atoms with Crippen LogP contribution in [0.15, 0.2) is 58.5 Å². The number of nitrogens with two attached hydrogens (primary N) is 2. The third kappa shape index (κ3) is 11.6. The summed E-state index contributed by atoms with van der Waals surface area (Å²) in [6, 6.07) is 14.6. The van der Waals surface area contributed by atoms with Crippen molar-refractivity contribution in [1.29, 1.82) is 0 Å². The molecule has 0 aliphatic heterocycles. The van der Waals surface area contributed by atoms with Crippen LogP contribution in [-0.4, -0.2) is 21.8 Å². The molecule has 0 aliphatic rings. The molecule has 0 fully saturated rings. The first kappa shape index (κ1) is 27.6. The molecule has 0 saturated heterocycles. The summed E-state index contributed by atoms with van der Waals surface area (Å²) in [5, 5.41) is 2.39. The van der Waals surface area contributed by atoms with Crippen LogP contribution in [0.2, 0.25) is 10.0 Å². The molecule has 0 saturated carbocycles. The number of hydrogen-bond donors (Lipinski definition) is 2. The monoisotopic (exact) mass is 586 g/mol. The van der Waals surface area contributed by atoms with Crippen molar-refractivity contribution in [2.75, 3.05) is 11.5 Å². The van der Waals surface area contributed by atoms with Gasteiger partial charge >= 0.3 is 0 Å². The average Bonchev–Trinajstić information content (AvgIpc) is 2.58. The zero-order valence-corrected chi connectivity index (χ0v) is 21.5. The first-order chi connectivity index (χ1) is 12.5. The van der Waals surface area contributed by atoms with Gasteiger partial charge in [0, 0.05) is 21.6 Å². The van der Waals surface area contributed by atoms with Gasteiger partial charge in [-0.1, -0.05) is 58.9 Å². The molecular weight excluding hydrogens is 567 g/mol. The number of unbranched alkanes of at least 4 members (excludes halogenated alkanes) is 1. The lowest BCUT2D eigenvalue weighted by atomic mass is 10.3. The van der Waals surface area contributed by atoms with E-state index in [2.05, 4.69) is 9.98 Å². The number of nitrogens with zero attached hydrogens (tertiary/aromatic N) is 2. The number of halogens is 4. The number of aliphatic imine (C=N–C) groups is 2. The normalized spacial score (nSPS) is 11.5. The predicted octanol–water partition coefficient (Wildman–Crippen LogP) is 6.99. The molecule has 28 heavy (non-hydrogen) atoms. The Kier molecular flexibility index (Phi) is 15.2. The Hall–Kier alpha value is -0.380. The van der Waals surface area contributed by atoms with Gasteiger partial charge < -0.3 is 11.5 Å². The van der Waals surface area contributed by atoms with Crippen LogP contribution < -0.4 is 11.5 Å². The second kappa shape index (κ2) is 15.5. The van der Waals surface area contributed by atoms with E-state index in [1.807, 2.05) is 36.4 Å². The molecule has 0 bridgehead atoms. The second-order valence-electron chi connectivity index (χ2n) is 5.26. The molecule has 2 aromatic carbocycles. The van der Waals surface area contributed by atoms with Gasteiger partial charge in [0.2, 0.25) is 0 Å². The Bertz CT molecular complexity index is 726. The minimum atomic E-state index is 0. The number of benzene rings is 2. The third-order valence-corrected chi connectivity index (χ3v) is 5.36. The summed E-state index contributed by atoms with van der Waals surface area (Å²) in [5.74, 6) is 1.81. The molecule has 0 aliphatic carbocycles. The first-order valence-corrected chi connectivity index (χ1v) is 10.7. The fourth-order valence-corrected chi connectivity index (χ4v) is 3.79. The van der Waals surface area contributed by atoms with Crippen LogP contribution in [0.3, 0.4) is 0 Å². The summed E-state index contributed by atoms with van der Waals surface area (Å²) in [6.07, 6.45) is 2.04. The summed E-state index contributed by atoms with van der Waals surface area (Å²) < 4.78 is 0. The lowest BCUT2D eigenvalue weighted by molar-refractivity contribution is 0.910. The largest absolute Gasteiger partial charge is 0.378 e. The van der Waals surface area contributed by atoms with Crippen molar-refractivity contribution in [3.05, 3.63) is 58.6 Å². The van der Waals surface area contributed by atoms with Crippen molar-refractivity contribution < 1.29 is 0 Å². The maximum Gasteiger partial charge on any atom is 0.159 e. The molecule has 0 unspecified atom stereocenters. The van der Waals surface area contributed by atoms with E-state index < -0.39 is 0 Å². The molecule has 0 radical (unpaired) electrons. The second-order valence-corrected chi connectivity index (χ2v) is 8.37. The fourth-order valence-electron chi connectivity index (χ4n) is 1.97. The highest BCUT2D eigenvalue weighted by molar-refractivity contribution is 8.93. The maximum atomic E-state index is 5.93. The smallest absolute Gasteiger partial charge is 0.159 e. The van der Waals surface area contributed by atoms with E-state index in [4.69, 9.17) is 34.7 Å². The highest BCUT2D eigenvalue weighted by Crippen LogP contribution is 2.21. The molecule has 2 aromatic rings. The van der Waals surface area contributed by atoms with E-state index >= 15 is 0 Å². The quantitative estimate of drug-likeness (QED) is 0.208. The first-order valence-electron chi connectivity index (χ1n) is 7.98. The minimum absolute atomic E-state index is 0. The standard InChI is InChI=1S/C18H20Cl2N4S2.2BrH/c19-13-5-3-7-15(11-13)23-17(21)25-9-1-2-10-26-18(22)24-16-8-4-6-14(20)12-16;;/h3-8,11-12H,1-2,9-10H2,(H2,21,23)(H2,22,24);2*1H. The lowest BCUT2D eigenvalue weighted by Gasteiger charge is -2.03. The lowest BCUT2D eigenvalue weighted by Crippen LogP contribution is -2.08. The van der Waals surface area contributed by atoms with Crippen LogP contribution >= 0.6 is 80.7 Å². The number of amidine groups is 2. The van der Waals surface area contributed by atoms with Crippen LogP contribution in [-0.2, 0) is 0 Å². The van der Waals surface area contributed by atoms with Crippen LogP contribution in [0.5, 0.6) is 0 Å². The summed E-state index contributed by atoms with van der Waals surface area (Å²) in [5.41, 5.74) is 13.4. The highest BCUT2D eigenvalue weighted by Gasteiger charge is 1.99. The summed E-state index contributed by atoms with van der Waals surface area (Å²) in [6.45, 7) is 0. The predicted molar refractivity (Wildman–Crippen MR) is 140 cm³/mol. The zero-order chi connectivity index (χ0) is 18.8. The SMILES string of the molecule is Br.Br.NC(=Nc1cccc(Cl)c1)SCCCCSC(N)=Nc1cccc(Cl)c1. The molecule has 0 atom stereocenters. The van der Waals surface area contributed by atoms with Crippen molar-refractivity contribution in [2.24, 2.45) is 21.5 Å². The van der Waals surface area contributed by atoms with Gasteiger partial charge in [-0.05, 0) is 49.2 Å². The molecule has 4 N–H and O–H groups in total. The third-order valence-electron chi connectivity index (χ3n) is 3.13. The molecule has 0 aromatic heterocycles. The van der Waals surface area contributed by atoms with Gasteiger partial charge in [0.05, 0.1) is 11.4 Å². The van der Waals surface area contributed by atoms with E-state index in [-0.39, 0.29) is 34.0 Å². The van der Waals surface area contributed by atoms with Gasteiger partial charge in [0.15, 0.2) is 10.3 Å². The Morgan fingerprint density at radius 1 is 0.750 bits per heavy atom. The van der Waals surface area contributed by atoms with Gasteiger partial charge in [-0.25, -0.2) is 9.98 Å². The van der Waals surface area contributed by atoms with Gasteiger partial charge in [0.1, 0.15) is 0 Å².